The molecule has 202 valence electrons. The number of hydrogen-bond acceptors (Lipinski definition) is 7. The van der Waals surface area contributed by atoms with Gasteiger partial charge in [0, 0.05) is 22.2 Å². The molecule has 3 aromatic heterocycles. The average molecular weight is 551 g/mol. The molecule has 6 rings (SSSR count). The van der Waals surface area contributed by atoms with Gasteiger partial charge in [0.1, 0.15) is 23.6 Å². The Hall–Kier alpha value is -3.57. The summed E-state index contributed by atoms with van der Waals surface area (Å²) in [6.45, 7) is 6.16. The van der Waals surface area contributed by atoms with Gasteiger partial charge in [-0.2, -0.15) is 5.10 Å². The van der Waals surface area contributed by atoms with E-state index in [-0.39, 0.29) is 34.5 Å². The first-order valence-corrected chi connectivity index (χ1v) is 14.8. The maximum atomic E-state index is 14.5. The van der Waals surface area contributed by atoms with E-state index in [4.69, 9.17) is 9.40 Å². The van der Waals surface area contributed by atoms with Crippen LogP contribution in [0.1, 0.15) is 68.2 Å². The van der Waals surface area contributed by atoms with Gasteiger partial charge in [-0.05, 0) is 60.7 Å². The fourth-order valence-electron chi connectivity index (χ4n) is 6.47. The second kappa shape index (κ2) is 8.72. The third-order valence-corrected chi connectivity index (χ3v) is 9.14. The standard InChI is InChI=1S/C28H28F2N6O2S/c1-15(36-39(4,5)37)22-14-38-26(33-22)21-12-31-13-23(32-21)28-10-9-17(27(28,2)3)16-11-20(34-35-25(16)28)24-18(29)7-6-8-19(24)30/h6-8,11-15,17H,4,9-10H2,1-3,5H3,(H,36,37)/t15-,17+,28+,39?/m1/s1. The van der Waals surface area contributed by atoms with Gasteiger partial charge >= 0.3 is 0 Å². The van der Waals surface area contributed by atoms with Crippen molar-refractivity contribution in [1.29, 1.82) is 0 Å². The van der Waals surface area contributed by atoms with Crippen LogP contribution in [0.2, 0.25) is 0 Å². The molecule has 0 saturated heterocycles. The van der Waals surface area contributed by atoms with Gasteiger partial charge in [0.05, 0.1) is 46.0 Å². The summed E-state index contributed by atoms with van der Waals surface area (Å²) >= 11 is 0. The highest BCUT2D eigenvalue weighted by Crippen LogP contribution is 2.69. The van der Waals surface area contributed by atoms with Crippen LogP contribution in [-0.2, 0) is 15.1 Å². The molecule has 1 saturated carbocycles. The van der Waals surface area contributed by atoms with Crippen LogP contribution in [0.5, 0.6) is 0 Å². The lowest BCUT2D eigenvalue weighted by atomic mass is 9.66. The van der Waals surface area contributed by atoms with Gasteiger partial charge in [-0.3, -0.25) is 9.19 Å². The van der Waals surface area contributed by atoms with Crippen molar-refractivity contribution in [2.75, 3.05) is 6.26 Å². The molecule has 39 heavy (non-hydrogen) atoms. The zero-order valence-corrected chi connectivity index (χ0v) is 22.9. The highest BCUT2D eigenvalue weighted by Gasteiger charge is 2.65. The highest BCUT2D eigenvalue weighted by molar-refractivity contribution is 7.97. The van der Waals surface area contributed by atoms with Crippen LogP contribution in [0.4, 0.5) is 8.78 Å². The third kappa shape index (κ3) is 3.89. The first kappa shape index (κ1) is 25.7. The zero-order valence-electron chi connectivity index (χ0n) is 22.0. The molecule has 4 aromatic rings. The normalized spacial score (nSPS) is 23.4. The predicted octanol–water partition coefficient (Wildman–Crippen LogP) is 4.98. The van der Waals surface area contributed by atoms with Gasteiger partial charge < -0.3 is 4.42 Å². The van der Waals surface area contributed by atoms with E-state index < -0.39 is 26.8 Å². The Morgan fingerprint density at radius 3 is 2.62 bits per heavy atom. The van der Waals surface area contributed by atoms with Gasteiger partial charge in [-0.15, -0.1) is 5.10 Å². The lowest BCUT2D eigenvalue weighted by Crippen LogP contribution is -2.38. The lowest BCUT2D eigenvalue weighted by molar-refractivity contribution is 0.242. The monoisotopic (exact) mass is 550 g/mol. The molecule has 0 aliphatic heterocycles. The second-order valence-corrected chi connectivity index (χ2v) is 13.3. The van der Waals surface area contributed by atoms with Crippen LogP contribution >= 0.6 is 0 Å². The summed E-state index contributed by atoms with van der Waals surface area (Å²) in [5.41, 5.74) is 2.53. The van der Waals surface area contributed by atoms with Crippen molar-refractivity contribution in [2.24, 2.45) is 5.41 Å². The molecule has 1 fully saturated rings. The molecule has 11 heteroatoms. The minimum Gasteiger partial charge on any atom is -0.443 e. The van der Waals surface area contributed by atoms with Gasteiger partial charge in [-0.1, -0.05) is 19.9 Å². The number of rotatable bonds is 6. The van der Waals surface area contributed by atoms with Crippen molar-refractivity contribution < 1.29 is 17.4 Å². The van der Waals surface area contributed by atoms with E-state index in [1.807, 2.05) is 6.92 Å². The highest BCUT2D eigenvalue weighted by atomic mass is 32.2. The molecule has 1 unspecified atom stereocenters. The molecule has 2 aliphatic carbocycles. The van der Waals surface area contributed by atoms with Crippen LogP contribution in [0.3, 0.4) is 0 Å². The van der Waals surface area contributed by atoms with E-state index in [1.54, 1.807) is 18.5 Å². The molecular weight excluding hydrogens is 522 g/mol. The predicted molar refractivity (Wildman–Crippen MR) is 144 cm³/mol. The second-order valence-electron chi connectivity index (χ2n) is 11.1. The molecule has 4 atom stereocenters. The summed E-state index contributed by atoms with van der Waals surface area (Å²) < 4.78 is 49.8. The van der Waals surface area contributed by atoms with Crippen molar-refractivity contribution in [3.8, 4) is 22.8 Å². The SMILES string of the molecule is C=S(C)(=O)N[C@H](C)c1coc(-c2cncc([C@@]34CC[C@@H](c5cc(-c6c(F)cccc6F)nnc53)C4(C)C)n2)n1. The Kier molecular flexibility index (Phi) is 5.74. The smallest absolute Gasteiger partial charge is 0.246 e. The molecule has 0 spiro atoms. The number of aromatic nitrogens is 5. The zero-order chi connectivity index (χ0) is 27.7. The van der Waals surface area contributed by atoms with Crippen LogP contribution in [0.25, 0.3) is 22.8 Å². The summed E-state index contributed by atoms with van der Waals surface area (Å²) in [5, 5.41) is 8.86. The van der Waals surface area contributed by atoms with Crippen LogP contribution in [0, 0.1) is 17.0 Å². The molecule has 3 heterocycles. The maximum absolute atomic E-state index is 14.5. The number of hydrogen-bond donors (Lipinski definition) is 1. The maximum Gasteiger partial charge on any atom is 0.246 e. The number of benzene rings is 1. The molecular formula is C28H28F2N6O2S. The Labute approximate surface area is 225 Å². The van der Waals surface area contributed by atoms with Crippen molar-refractivity contribution in [3.05, 3.63) is 77.2 Å². The molecule has 1 aromatic carbocycles. The number of halogens is 2. The summed E-state index contributed by atoms with van der Waals surface area (Å²) in [6.07, 6.45) is 7.99. The number of nitrogens with zero attached hydrogens (tertiary/aromatic N) is 5. The Morgan fingerprint density at radius 1 is 1.15 bits per heavy atom. The third-order valence-electron chi connectivity index (χ3n) is 8.28. The summed E-state index contributed by atoms with van der Waals surface area (Å²) in [4.78, 5) is 14.0. The molecule has 8 nitrogen and oxygen atoms in total. The van der Waals surface area contributed by atoms with Crippen molar-refractivity contribution in [3.63, 3.8) is 0 Å². The fraction of sp³-hybridized carbons (Fsp3) is 0.357. The summed E-state index contributed by atoms with van der Waals surface area (Å²) in [6, 6.07) is 5.20. The Bertz CT molecular complexity index is 1700. The number of fused-ring (bicyclic) bond motifs is 5. The van der Waals surface area contributed by atoms with Gasteiger partial charge in [0.25, 0.3) is 0 Å². The van der Waals surface area contributed by atoms with Crippen LogP contribution in [0.15, 0.2) is 47.3 Å². The fourth-order valence-corrected chi connectivity index (χ4v) is 7.34. The van der Waals surface area contributed by atoms with Crippen molar-refractivity contribution >= 4 is 15.6 Å². The molecule has 0 radical (unpaired) electrons. The molecule has 1 N–H and O–H groups in total. The van der Waals surface area contributed by atoms with E-state index in [2.05, 4.69) is 44.6 Å². The number of oxazole rings is 1. The minimum absolute atomic E-state index is 0.105. The van der Waals surface area contributed by atoms with Gasteiger partial charge in [-0.25, -0.2) is 23.5 Å². The molecule has 2 bridgehead atoms. The van der Waals surface area contributed by atoms with Crippen molar-refractivity contribution in [1.82, 2.24) is 29.9 Å². The molecule has 0 amide bonds. The summed E-state index contributed by atoms with van der Waals surface area (Å²) in [7, 11) is -2.43. The number of nitrogens with one attached hydrogen (secondary N) is 1. The largest absolute Gasteiger partial charge is 0.443 e. The average Bonchev–Trinajstić information content (AvgIpc) is 3.52. The topological polar surface area (TPSA) is 107 Å². The first-order valence-electron chi connectivity index (χ1n) is 12.6. The van der Waals surface area contributed by atoms with E-state index in [1.165, 1.54) is 30.7 Å². The van der Waals surface area contributed by atoms with E-state index in [9.17, 15) is 13.0 Å². The Morgan fingerprint density at radius 2 is 1.90 bits per heavy atom. The minimum atomic E-state index is -2.43. The first-order chi connectivity index (χ1) is 18.4. The Balaban J connectivity index is 1.42. The van der Waals surface area contributed by atoms with E-state index in [0.717, 1.165) is 24.1 Å². The van der Waals surface area contributed by atoms with Gasteiger partial charge in [0.15, 0.2) is 0 Å². The molecule has 2 aliphatic rings. The van der Waals surface area contributed by atoms with Gasteiger partial charge in [0.2, 0.25) is 5.89 Å². The quantitative estimate of drug-likeness (QED) is 0.338. The van der Waals surface area contributed by atoms with Crippen LogP contribution < -0.4 is 4.72 Å². The summed E-state index contributed by atoms with van der Waals surface area (Å²) in [5.74, 6) is 2.67. The van der Waals surface area contributed by atoms with E-state index >= 15 is 0 Å². The van der Waals surface area contributed by atoms with Crippen molar-refractivity contribution in [2.45, 2.75) is 51.0 Å². The van der Waals surface area contributed by atoms with Crippen LogP contribution in [-0.4, -0.2) is 41.5 Å². The van der Waals surface area contributed by atoms with E-state index in [0.29, 0.717) is 17.1 Å². The lowest BCUT2D eigenvalue weighted by Gasteiger charge is -2.37.